The molecule has 0 unspecified atom stereocenters. The molecule has 4 nitrogen and oxygen atoms in total. The Hall–Kier alpha value is -0.610. The minimum absolute atomic E-state index is 0.589. The Morgan fingerprint density at radius 1 is 1.36 bits per heavy atom. The summed E-state index contributed by atoms with van der Waals surface area (Å²) in [4.78, 5) is 12.8. The van der Waals surface area contributed by atoms with Crippen LogP contribution in [0.15, 0.2) is 0 Å². The molecular weight excluding hydrogens is 180 g/mol. The molecule has 0 saturated carbocycles. The third-order valence-electron chi connectivity index (χ3n) is 2.76. The topological polar surface area (TPSA) is 66.6 Å². The fourth-order valence-corrected chi connectivity index (χ4v) is 1.84. The van der Waals surface area contributed by atoms with Crippen molar-refractivity contribution in [3.05, 3.63) is 0 Å². The molecule has 14 heavy (non-hydrogen) atoms. The molecular formula is C10H20N2O2. The van der Waals surface area contributed by atoms with E-state index in [-0.39, 0.29) is 0 Å². The molecule has 1 saturated heterocycles. The number of carbonyl (C=O) groups is 1. The molecule has 1 atom stereocenters. The minimum atomic E-state index is -0.886. The zero-order valence-corrected chi connectivity index (χ0v) is 8.61. The molecule has 82 valence electrons. The summed E-state index contributed by atoms with van der Waals surface area (Å²) < 4.78 is 0. The van der Waals surface area contributed by atoms with Gasteiger partial charge in [0.15, 0.2) is 0 Å². The minimum Gasteiger partial charge on any atom is -0.480 e. The Bertz CT molecular complexity index is 179. The zero-order valence-electron chi connectivity index (χ0n) is 8.61. The second kappa shape index (κ2) is 5.98. The number of aliphatic carboxylic acids is 1. The van der Waals surface area contributed by atoms with Crippen molar-refractivity contribution in [2.24, 2.45) is 5.73 Å². The fraction of sp³-hybridized carbons (Fsp3) is 0.900. The number of likely N-dealkylation sites (tertiary alicyclic amines) is 1. The van der Waals surface area contributed by atoms with Crippen LogP contribution in [-0.4, -0.2) is 41.7 Å². The number of carboxylic acid groups (broad SMARTS) is 1. The Morgan fingerprint density at radius 2 is 2.00 bits per heavy atom. The monoisotopic (exact) mass is 200 g/mol. The molecule has 1 aliphatic rings. The Labute approximate surface area is 85.1 Å². The standard InChI is InChI=1S/C10H20N2O2/c11-9(10(13)14)5-4-8-12-6-2-1-3-7-12/h9H,1-8,11H2,(H,13,14)/t9-/m0/s1. The molecule has 0 aromatic carbocycles. The Morgan fingerprint density at radius 3 is 2.57 bits per heavy atom. The van der Waals surface area contributed by atoms with Crippen molar-refractivity contribution in [2.45, 2.75) is 38.1 Å². The number of piperidine rings is 1. The van der Waals surface area contributed by atoms with E-state index < -0.39 is 12.0 Å². The smallest absolute Gasteiger partial charge is 0.320 e. The Balaban J connectivity index is 2.05. The van der Waals surface area contributed by atoms with Crippen molar-refractivity contribution < 1.29 is 9.90 Å². The van der Waals surface area contributed by atoms with E-state index in [1.807, 2.05) is 0 Å². The van der Waals surface area contributed by atoms with Gasteiger partial charge in [-0.05, 0) is 45.3 Å². The zero-order chi connectivity index (χ0) is 10.4. The summed E-state index contributed by atoms with van der Waals surface area (Å²) in [5.74, 6) is -0.886. The van der Waals surface area contributed by atoms with Gasteiger partial charge in [-0.2, -0.15) is 0 Å². The van der Waals surface area contributed by atoms with Gasteiger partial charge in [0.05, 0.1) is 0 Å². The molecule has 3 N–H and O–H groups in total. The molecule has 1 aliphatic heterocycles. The van der Waals surface area contributed by atoms with Crippen LogP contribution in [0.4, 0.5) is 0 Å². The molecule has 0 aromatic rings. The lowest BCUT2D eigenvalue weighted by atomic mass is 10.1. The van der Waals surface area contributed by atoms with E-state index in [2.05, 4.69) is 4.90 Å². The van der Waals surface area contributed by atoms with Crippen molar-refractivity contribution >= 4 is 5.97 Å². The van der Waals surface area contributed by atoms with Crippen LogP contribution < -0.4 is 5.73 Å². The molecule has 0 radical (unpaired) electrons. The highest BCUT2D eigenvalue weighted by Crippen LogP contribution is 2.09. The molecule has 4 heteroatoms. The molecule has 1 rings (SSSR count). The van der Waals surface area contributed by atoms with E-state index in [9.17, 15) is 4.79 Å². The summed E-state index contributed by atoms with van der Waals surface area (Å²) in [6.07, 6.45) is 5.39. The van der Waals surface area contributed by atoms with E-state index in [1.54, 1.807) is 0 Å². The second-order valence-corrected chi connectivity index (χ2v) is 3.99. The number of hydrogen-bond donors (Lipinski definition) is 2. The summed E-state index contributed by atoms with van der Waals surface area (Å²) >= 11 is 0. The number of nitrogens with zero attached hydrogens (tertiary/aromatic N) is 1. The molecule has 0 amide bonds. The number of nitrogens with two attached hydrogens (primary N) is 1. The lowest BCUT2D eigenvalue weighted by Crippen LogP contribution is -2.34. The van der Waals surface area contributed by atoms with E-state index >= 15 is 0 Å². The van der Waals surface area contributed by atoms with Crippen molar-refractivity contribution in [3.63, 3.8) is 0 Å². The fourth-order valence-electron chi connectivity index (χ4n) is 1.84. The van der Waals surface area contributed by atoms with E-state index in [4.69, 9.17) is 10.8 Å². The molecule has 0 aliphatic carbocycles. The van der Waals surface area contributed by atoms with Crippen molar-refractivity contribution in [1.82, 2.24) is 4.90 Å². The van der Waals surface area contributed by atoms with Crippen molar-refractivity contribution in [1.29, 1.82) is 0 Å². The highest BCUT2D eigenvalue weighted by Gasteiger charge is 2.13. The van der Waals surface area contributed by atoms with Crippen LogP contribution in [0, 0.1) is 0 Å². The molecule has 0 bridgehead atoms. The Kier molecular flexibility index (Phi) is 4.90. The van der Waals surface area contributed by atoms with E-state index in [0.29, 0.717) is 6.42 Å². The second-order valence-electron chi connectivity index (χ2n) is 3.99. The quantitative estimate of drug-likeness (QED) is 0.684. The van der Waals surface area contributed by atoms with Crippen molar-refractivity contribution in [3.8, 4) is 0 Å². The van der Waals surface area contributed by atoms with Gasteiger partial charge in [0, 0.05) is 0 Å². The highest BCUT2D eigenvalue weighted by atomic mass is 16.4. The van der Waals surface area contributed by atoms with Gasteiger partial charge in [-0.15, -0.1) is 0 Å². The first-order chi connectivity index (χ1) is 6.70. The van der Waals surface area contributed by atoms with Crippen LogP contribution in [0.5, 0.6) is 0 Å². The molecule has 0 aromatic heterocycles. The summed E-state index contributed by atoms with van der Waals surface area (Å²) in [6.45, 7) is 3.34. The van der Waals surface area contributed by atoms with Crippen LogP contribution in [-0.2, 0) is 4.79 Å². The van der Waals surface area contributed by atoms with E-state index in [0.717, 1.165) is 13.0 Å². The maximum Gasteiger partial charge on any atom is 0.320 e. The first kappa shape index (κ1) is 11.5. The van der Waals surface area contributed by atoms with E-state index in [1.165, 1.54) is 32.4 Å². The largest absolute Gasteiger partial charge is 0.480 e. The normalized spacial score (nSPS) is 20.6. The predicted molar refractivity (Wildman–Crippen MR) is 55.1 cm³/mol. The summed E-state index contributed by atoms with van der Waals surface area (Å²) in [5, 5.41) is 8.58. The van der Waals surface area contributed by atoms with Crippen molar-refractivity contribution in [2.75, 3.05) is 19.6 Å². The first-order valence-corrected chi connectivity index (χ1v) is 5.41. The summed E-state index contributed by atoms with van der Waals surface area (Å²) in [5.41, 5.74) is 5.41. The number of hydrogen-bond acceptors (Lipinski definition) is 3. The van der Waals surface area contributed by atoms with Gasteiger partial charge in [-0.1, -0.05) is 6.42 Å². The number of rotatable bonds is 5. The van der Waals surface area contributed by atoms with Crippen LogP contribution in [0.1, 0.15) is 32.1 Å². The molecule has 0 spiro atoms. The lowest BCUT2D eigenvalue weighted by Gasteiger charge is -2.26. The van der Waals surface area contributed by atoms with Crippen LogP contribution in [0.2, 0.25) is 0 Å². The third-order valence-corrected chi connectivity index (χ3v) is 2.76. The van der Waals surface area contributed by atoms with Crippen LogP contribution in [0.25, 0.3) is 0 Å². The lowest BCUT2D eigenvalue weighted by molar-refractivity contribution is -0.138. The third kappa shape index (κ3) is 4.07. The van der Waals surface area contributed by atoms with Gasteiger partial charge in [0.25, 0.3) is 0 Å². The number of carboxylic acids is 1. The van der Waals surface area contributed by atoms with Gasteiger partial charge in [-0.3, -0.25) is 4.79 Å². The van der Waals surface area contributed by atoms with Gasteiger partial charge in [0.1, 0.15) is 6.04 Å². The molecule has 1 heterocycles. The van der Waals surface area contributed by atoms with Gasteiger partial charge in [0.2, 0.25) is 0 Å². The maximum absolute atomic E-state index is 10.4. The van der Waals surface area contributed by atoms with Gasteiger partial charge < -0.3 is 15.7 Å². The van der Waals surface area contributed by atoms with Gasteiger partial charge in [-0.25, -0.2) is 0 Å². The first-order valence-electron chi connectivity index (χ1n) is 5.41. The summed E-state index contributed by atoms with van der Waals surface area (Å²) in [6, 6.07) is -0.681. The average Bonchev–Trinajstić information content (AvgIpc) is 2.19. The van der Waals surface area contributed by atoms with Crippen LogP contribution >= 0.6 is 0 Å². The van der Waals surface area contributed by atoms with Gasteiger partial charge >= 0.3 is 5.97 Å². The predicted octanol–water partition coefficient (Wildman–Crippen LogP) is 0.664. The van der Waals surface area contributed by atoms with Crippen LogP contribution in [0.3, 0.4) is 0 Å². The molecule has 1 fully saturated rings. The summed E-state index contributed by atoms with van der Waals surface area (Å²) in [7, 11) is 0. The highest BCUT2D eigenvalue weighted by molar-refractivity contribution is 5.72. The SMILES string of the molecule is N[C@@H](CCCN1CCCCC1)C(=O)O. The maximum atomic E-state index is 10.4. The average molecular weight is 200 g/mol.